The van der Waals surface area contributed by atoms with Gasteiger partial charge in [0, 0.05) is 23.9 Å². The van der Waals surface area contributed by atoms with Crippen molar-refractivity contribution in [3.8, 4) is 11.6 Å². The summed E-state index contributed by atoms with van der Waals surface area (Å²) in [6, 6.07) is 4.30. The Morgan fingerprint density at radius 3 is 2.35 bits per heavy atom. The maximum atomic E-state index is 10.8. The van der Waals surface area contributed by atoms with Crippen LogP contribution in [0.3, 0.4) is 0 Å². The third-order valence-corrected chi connectivity index (χ3v) is 3.43. The normalized spacial score (nSPS) is 10.3. The van der Waals surface area contributed by atoms with Crippen LogP contribution >= 0.6 is 31.9 Å². The summed E-state index contributed by atoms with van der Waals surface area (Å²) in [5.74, 6) is 0.715. The standard InChI is InChI=1S/C11H8Br2N4O3/c1-5-2-9(16-11(14)15-5)20-10-7(12)3-6(17(18)19)4-8(10)13/h2-4H,1H3,(H2,14,15,16). The van der Waals surface area contributed by atoms with E-state index in [1.807, 2.05) is 0 Å². The smallest absolute Gasteiger partial charge is 0.271 e. The number of benzene rings is 1. The number of ether oxygens (including phenoxy) is 1. The molecule has 20 heavy (non-hydrogen) atoms. The van der Waals surface area contributed by atoms with E-state index >= 15 is 0 Å². The number of nitro benzene ring substituents is 1. The molecule has 2 rings (SSSR count). The Kier molecular flexibility index (Phi) is 4.19. The van der Waals surface area contributed by atoms with Crippen LogP contribution in [-0.2, 0) is 0 Å². The van der Waals surface area contributed by atoms with Gasteiger partial charge in [0.25, 0.3) is 5.69 Å². The van der Waals surface area contributed by atoms with Crippen molar-refractivity contribution in [3.63, 3.8) is 0 Å². The van der Waals surface area contributed by atoms with Gasteiger partial charge in [-0.05, 0) is 38.8 Å². The third kappa shape index (κ3) is 3.23. The largest absolute Gasteiger partial charge is 0.436 e. The number of nitro groups is 1. The van der Waals surface area contributed by atoms with Gasteiger partial charge >= 0.3 is 0 Å². The topological polar surface area (TPSA) is 104 Å². The van der Waals surface area contributed by atoms with E-state index in [1.165, 1.54) is 12.1 Å². The molecule has 0 bridgehead atoms. The van der Waals surface area contributed by atoms with Gasteiger partial charge in [0.2, 0.25) is 11.8 Å². The Balaban J connectivity index is 2.41. The lowest BCUT2D eigenvalue weighted by Gasteiger charge is -2.09. The minimum absolute atomic E-state index is 0.0607. The summed E-state index contributed by atoms with van der Waals surface area (Å²) in [6.07, 6.45) is 0. The van der Waals surface area contributed by atoms with Gasteiger partial charge in [0.1, 0.15) is 0 Å². The van der Waals surface area contributed by atoms with Crippen LogP contribution < -0.4 is 10.5 Å². The average Bonchev–Trinajstić information content (AvgIpc) is 2.32. The number of aryl methyl sites for hydroxylation is 1. The molecule has 7 nitrogen and oxygen atoms in total. The van der Waals surface area contributed by atoms with Crippen LogP contribution in [0.25, 0.3) is 0 Å². The maximum Gasteiger partial charge on any atom is 0.271 e. The number of aromatic nitrogens is 2. The zero-order valence-electron chi connectivity index (χ0n) is 10.1. The number of non-ortho nitro benzene ring substituents is 1. The van der Waals surface area contributed by atoms with Gasteiger partial charge in [-0.1, -0.05) is 0 Å². The van der Waals surface area contributed by atoms with Crippen LogP contribution in [0.4, 0.5) is 11.6 Å². The fraction of sp³-hybridized carbons (Fsp3) is 0.0909. The number of nitrogens with zero attached hydrogens (tertiary/aromatic N) is 3. The molecule has 0 saturated heterocycles. The van der Waals surface area contributed by atoms with Crippen molar-refractivity contribution in [2.45, 2.75) is 6.92 Å². The minimum atomic E-state index is -0.494. The van der Waals surface area contributed by atoms with Crippen molar-refractivity contribution in [1.29, 1.82) is 0 Å². The van der Waals surface area contributed by atoms with Gasteiger partial charge in [0.05, 0.1) is 13.9 Å². The van der Waals surface area contributed by atoms with E-state index in [9.17, 15) is 10.1 Å². The number of nitrogens with two attached hydrogens (primary N) is 1. The van der Waals surface area contributed by atoms with Crippen molar-refractivity contribution in [1.82, 2.24) is 9.97 Å². The number of anilines is 1. The van der Waals surface area contributed by atoms with Crippen molar-refractivity contribution in [3.05, 3.63) is 43.0 Å². The molecule has 1 heterocycles. The summed E-state index contributed by atoms with van der Waals surface area (Å²) >= 11 is 6.45. The first kappa shape index (κ1) is 14.7. The second-order valence-corrected chi connectivity index (χ2v) is 5.51. The second kappa shape index (κ2) is 5.71. The molecule has 0 aliphatic carbocycles. The quantitative estimate of drug-likeness (QED) is 0.620. The van der Waals surface area contributed by atoms with Crippen molar-refractivity contribution < 1.29 is 9.66 Å². The van der Waals surface area contributed by atoms with Crippen molar-refractivity contribution >= 4 is 43.5 Å². The van der Waals surface area contributed by atoms with Gasteiger partial charge in [-0.15, -0.1) is 0 Å². The van der Waals surface area contributed by atoms with E-state index in [-0.39, 0.29) is 17.5 Å². The highest BCUT2D eigenvalue weighted by Crippen LogP contribution is 2.39. The van der Waals surface area contributed by atoms with E-state index in [0.717, 1.165) is 0 Å². The molecular weight excluding hydrogens is 396 g/mol. The number of rotatable bonds is 3. The first-order valence-corrected chi connectivity index (χ1v) is 6.88. The van der Waals surface area contributed by atoms with Crippen LogP contribution in [-0.4, -0.2) is 14.9 Å². The van der Waals surface area contributed by atoms with Crippen LogP contribution in [0.15, 0.2) is 27.1 Å². The average molecular weight is 404 g/mol. The molecule has 0 amide bonds. The number of hydrogen-bond acceptors (Lipinski definition) is 6. The molecule has 2 N–H and O–H groups in total. The monoisotopic (exact) mass is 402 g/mol. The summed E-state index contributed by atoms with van der Waals surface area (Å²) in [4.78, 5) is 18.1. The lowest BCUT2D eigenvalue weighted by atomic mass is 10.3. The molecule has 104 valence electrons. The Morgan fingerprint density at radius 2 is 1.85 bits per heavy atom. The van der Waals surface area contributed by atoms with E-state index in [2.05, 4.69) is 41.8 Å². The zero-order valence-corrected chi connectivity index (χ0v) is 13.3. The zero-order chi connectivity index (χ0) is 14.9. The Morgan fingerprint density at radius 1 is 1.25 bits per heavy atom. The molecule has 0 saturated carbocycles. The second-order valence-electron chi connectivity index (χ2n) is 3.80. The van der Waals surface area contributed by atoms with Crippen LogP contribution in [0, 0.1) is 17.0 Å². The molecule has 9 heteroatoms. The van der Waals surface area contributed by atoms with E-state index < -0.39 is 4.92 Å². The number of nitrogen functional groups attached to an aromatic ring is 1. The minimum Gasteiger partial charge on any atom is -0.436 e. The Bertz CT molecular complexity index is 650. The van der Waals surface area contributed by atoms with Crippen LogP contribution in [0.1, 0.15) is 5.69 Å². The predicted octanol–water partition coefficient (Wildman–Crippen LogP) is 3.59. The van der Waals surface area contributed by atoms with Gasteiger partial charge in [0.15, 0.2) is 5.75 Å². The fourth-order valence-corrected chi connectivity index (χ4v) is 2.79. The number of halogens is 2. The summed E-state index contributed by atoms with van der Waals surface area (Å²) in [7, 11) is 0. The molecular formula is C11H8Br2N4O3. The predicted molar refractivity (Wildman–Crippen MR) is 79.8 cm³/mol. The highest BCUT2D eigenvalue weighted by molar-refractivity contribution is 9.11. The van der Waals surface area contributed by atoms with E-state index in [1.54, 1.807) is 13.0 Å². The Labute approximate surface area is 130 Å². The van der Waals surface area contributed by atoms with Gasteiger partial charge in [-0.25, -0.2) is 4.98 Å². The molecule has 0 aliphatic heterocycles. The molecule has 0 fully saturated rings. The third-order valence-electron chi connectivity index (χ3n) is 2.25. The molecule has 0 atom stereocenters. The highest BCUT2D eigenvalue weighted by Gasteiger charge is 2.16. The molecule has 0 aliphatic rings. The molecule has 0 radical (unpaired) electrons. The van der Waals surface area contributed by atoms with Gasteiger partial charge < -0.3 is 10.5 Å². The molecule has 2 aromatic rings. The lowest BCUT2D eigenvalue weighted by Crippen LogP contribution is -1.99. The molecule has 1 aromatic carbocycles. The van der Waals surface area contributed by atoms with Gasteiger partial charge in [-0.2, -0.15) is 4.98 Å². The Hall–Kier alpha value is -1.74. The SMILES string of the molecule is Cc1cc(Oc2c(Br)cc([N+](=O)[O-])cc2Br)nc(N)n1. The fourth-order valence-electron chi connectivity index (χ4n) is 1.47. The first-order chi connectivity index (χ1) is 9.36. The highest BCUT2D eigenvalue weighted by atomic mass is 79.9. The first-order valence-electron chi connectivity index (χ1n) is 5.29. The van der Waals surface area contributed by atoms with Crippen LogP contribution in [0.2, 0.25) is 0 Å². The molecule has 0 unspecified atom stereocenters. The summed E-state index contributed by atoms with van der Waals surface area (Å²) in [5, 5.41) is 10.8. The summed E-state index contributed by atoms with van der Waals surface area (Å²) in [6.45, 7) is 1.75. The maximum absolute atomic E-state index is 10.8. The van der Waals surface area contributed by atoms with Gasteiger partial charge in [-0.3, -0.25) is 10.1 Å². The van der Waals surface area contributed by atoms with E-state index in [0.29, 0.717) is 20.4 Å². The van der Waals surface area contributed by atoms with Crippen molar-refractivity contribution in [2.24, 2.45) is 0 Å². The lowest BCUT2D eigenvalue weighted by molar-refractivity contribution is -0.385. The summed E-state index contributed by atoms with van der Waals surface area (Å²) < 4.78 is 6.44. The van der Waals surface area contributed by atoms with Crippen LogP contribution in [0.5, 0.6) is 11.6 Å². The molecule has 0 spiro atoms. The summed E-state index contributed by atoms with van der Waals surface area (Å²) in [5.41, 5.74) is 6.13. The number of hydrogen-bond donors (Lipinski definition) is 1. The molecule has 1 aromatic heterocycles. The van der Waals surface area contributed by atoms with E-state index in [4.69, 9.17) is 10.5 Å². The van der Waals surface area contributed by atoms with Crippen molar-refractivity contribution in [2.75, 3.05) is 5.73 Å².